The predicted octanol–water partition coefficient (Wildman–Crippen LogP) is 0.680. The van der Waals surface area contributed by atoms with Crippen molar-refractivity contribution >= 4 is 34.7 Å². The second kappa shape index (κ2) is 17.6. The molecule has 4 aromatic rings. The zero-order valence-corrected chi connectivity index (χ0v) is 30.7. The monoisotopic (exact) mass is 781 g/mol. The van der Waals surface area contributed by atoms with Crippen molar-refractivity contribution in [1.82, 2.24) is 38.6 Å². The van der Waals surface area contributed by atoms with Crippen LogP contribution in [0.3, 0.4) is 0 Å². The third kappa shape index (κ3) is 9.42. The summed E-state index contributed by atoms with van der Waals surface area (Å²) in [5.41, 5.74) is 21.0. The Balaban J connectivity index is 0.000000142. The Hall–Kier alpha value is -5.09. The maximum atomic E-state index is 11.7. The number of aliphatic hydroxyl groups excluding tert-OH is 3. The minimum absolute atomic E-state index is 0.0572. The smallest absolute Gasteiger partial charge is 0.351 e. The lowest BCUT2D eigenvalue weighted by Crippen LogP contribution is -2.33. The van der Waals surface area contributed by atoms with Crippen LogP contribution >= 0.6 is 11.8 Å². The summed E-state index contributed by atoms with van der Waals surface area (Å²) in [6.07, 6.45) is 11.9. The van der Waals surface area contributed by atoms with Crippen molar-refractivity contribution in [2.45, 2.75) is 75.1 Å². The molecule has 1 saturated carbocycles. The van der Waals surface area contributed by atoms with Crippen LogP contribution in [0.4, 0.5) is 11.8 Å². The van der Waals surface area contributed by atoms with E-state index in [2.05, 4.69) is 51.7 Å². The molecule has 2 aliphatic carbocycles. The van der Waals surface area contributed by atoms with Crippen LogP contribution in [-0.4, -0.2) is 97.1 Å². The van der Waals surface area contributed by atoms with Crippen molar-refractivity contribution in [1.29, 1.82) is 0 Å². The molecule has 0 amide bonds. The molecule has 8 rings (SSSR count). The number of rotatable bonds is 9. The van der Waals surface area contributed by atoms with E-state index in [0.717, 1.165) is 35.6 Å². The minimum atomic E-state index is -0.671. The zero-order chi connectivity index (χ0) is 39.2. The summed E-state index contributed by atoms with van der Waals surface area (Å²) in [4.78, 5) is 56.2. The van der Waals surface area contributed by atoms with Crippen LogP contribution in [0.15, 0.2) is 56.4 Å². The Morgan fingerprint density at radius 3 is 2.47 bits per heavy atom. The average Bonchev–Trinajstić information content (AvgIpc) is 3.57. The Bertz CT molecular complexity index is 2230. The van der Waals surface area contributed by atoms with Gasteiger partial charge >= 0.3 is 11.4 Å². The predicted molar refractivity (Wildman–Crippen MR) is 201 cm³/mol. The molecule has 0 spiro atoms. The molecule has 294 valence electrons. The number of aromatic amines is 1. The molecule has 21 nitrogen and oxygen atoms in total. The van der Waals surface area contributed by atoms with E-state index in [4.69, 9.17) is 36.7 Å². The molecule has 55 heavy (non-hydrogen) atoms. The number of azide groups is 1. The van der Waals surface area contributed by atoms with Crippen LogP contribution < -0.4 is 28.4 Å². The van der Waals surface area contributed by atoms with Crippen LogP contribution in [-0.2, 0) is 15.9 Å². The molecular weight excluding hydrogens is 739 g/mol. The molecule has 7 atom stereocenters. The fourth-order valence-corrected chi connectivity index (χ4v) is 7.37. The highest BCUT2D eigenvalue weighted by molar-refractivity contribution is 8.00. The quantitative estimate of drug-likeness (QED) is 0.0589. The number of nitrogens with two attached hydrogens (primary N) is 2. The molecule has 2 aliphatic heterocycles. The Morgan fingerprint density at radius 2 is 1.82 bits per heavy atom. The van der Waals surface area contributed by atoms with Crippen molar-refractivity contribution in [3.05, 3.63) is 90.0 Å². The van der Waals surface area contributed by atoms with Crippen molar-refractivity contribution in [3.63, 3.8) is 0 Å². The van der Waals surface area contributed by atoms with Gasteiger partial charge < -0.3 is 40.8 Å². The number of nitrogens with one attached hydrogen (secondary N) is 1. The molecule has 0 radical (unpaired) electrons. The Kier molecular flexibility index (Phi) is 12.7. The summed E-state index contributed by atoms with van der Waals surface area (Å²) in [5, 5.41) is 30.8. The van der Waals surface area contributed by atoms with Gasteiger partial charge in [0, 0.05) is 47.6 Å². The number of imidazole rings is 1. The maximum absolute atomic E-state index is 11.7. The number of H-pyrrole nitrogens is 1. The normalized spacial score (nSPS) is 25.6. The zero-order valence-electron chi connectivity index (χ0n) is 29.9. The molecular formula is C33H43N13O8S. The van der Waals surface area contributed by atoms with Crippen LogP contribution in [0, 0.1) is 18.8 Å². The first-order valence-corrected chi connectivity index (χ1v) is 18.7. The Morgan fingerprint density at radius 1 is 1.02 bits per heavy atom. The second-order valence-corrected chi connectivity index (χ2v) is 14.7. The lowest BCUT2D eigenvalue weighted by molar-refractivity contribution is -0.0271. The lowest BCUT2D eigenvalue weighted by atomic mass is 10.1. The van der Waals surface area contributed by atoms with Gasteiger partial charge in [0.25, 0.3) is 5.56 Å². The summed E-state index contributed by atoms with van der Waals surface area (Å²) in [7, 11) is 0. The van der Waals surface area contributed by atoms with E-state index >= 15 is 0 Å². The van der Waals surface area contributed by atoms with Gasteiger partial charge in [0.05, 0.1) is 43.4 Å². The number of fused-ring (bicyclic) bond motifs is 1. The summed E-state index contributed by atoms with van der Waals surface area (Å²) in [5.74, 6) is 2.09. The molecule has 8 N–H and O–H groups in total. The summed E-state index contributed by atoms with van der Waals surface area (Å²) < 4.78 is 15.5. The van der Waals surface area contributed by atoms with E-state index in [1.165, 1.54) is 39.9 Å². The van der Waals surface area contributed by atoms with Gasteiger partial charge in [-0.3, -0.25) is 18.9 Å². The number of nitrogen functional groups attached to an aromatic ring is 2. The first-order valence-electron chi connectivity index (χ1n) is 17.6. The minimum Gasteiger partial charge on any atom is -0.396 e. The lowest BCUT2D eigenvalue weighted by Gasteiger charge is -2.14. The SMILES string of the molecule is Cc1cn(C2CC(N=[N+]=[N-])[C@@H](CO)O2)c(=O)[nH]c1=O.Nc1ccn([C@@H]2CS[C@H](CO)O2)c(=O)n1.Nc1nc(CC2CC2)c2ncn([C@H]3C=C[C@@H](CO)C3)c2n1. The first-order chi connectivity index (χ1) is 26.5. The van der Waals surface area contributed by atoms with Gasteiger partial charge in [0.1, 0.15) is 29.2 Å². The first kappa shape index (κ1) is 39.6. The van der Waals surface area contributed by atoms with Gasteiger partial charge in [-0.05, 0) is 50.1 Å². The number of thioether (sulfide) groups is 1. The van der Waals surface area contributed by atoms with Gasteiger partial charge in [-0.2, -0.15) is 9.97 Å². The molecule has 6 heterocycles. The molecule has 4 aromatic heterocycles. The number of aliphatic hydroxyl groups is 3. The van der Waals surface area contributed by atoms with E-state index in [0.29, 0.717) is 17.3 Å². The molecule has 2 unspecified atom stereocenters. The van der Waals surface area contributed by atoms with E-state index in [-0.39, 0.29) is 55.7 Å². The topological polar surface area (TPSA) is 313 Å². The fourth-order valence-electron chi connectivity index (χ4n) is 6.44. The van der Waals surface area contributed by atoms with Crippen molar-refractivity contribution < 1.29 is 24.8 Å². The van der Waals surface area contributed by atoms with E-state index in [1.54, 1.807) is 19.2 Å². The van der Waals surface area contributed by atoms with Gasteiger partial charge in [-0.15, -0.1) is 11.8 Å². The van der Waals surface area contributed by atoms with E-state index in [9.17, 15) is 19.5 Å². The van der Waals surface area contributed by atoms with Gasteiger partial charge in [-0.1, -0.05) is 17.3 Å². The van der Waals surface area contributed by atoms with Crippen molar-refractivity contribution in [2.24, 2.45) is 17.0 Å². The molecule has 2 saturated heterocycles. The van der Waals surface area contributed by atoms with Crippen molar-refractivity contribution in [2.75, 3.05) is 37.0 Å². The number of aromatic nitrogens is 8. The largest absolute Gasteiger partial charge is 0.396 e. The van der Waals surface area contributed by atoms with Crippen LogP contribution in [0.1, 0.15) is 55.4 Å². The van der Waals surface area contributed by atoms with Gasteiger partial charge in [0.15, 0.2) is 5.65 Å². The summed E-state index contributed by atoms with van der Waals surface area (Å²) in [6.45, 7) is 1.39. The second-order valence-electron chi connectivity index (χ2n) is 13.5. The molecule has 0 aromatic carbocycles. The summed E-state index contributed by atoms with van der Waals surface area (Å²) >= 11 is 1.47. The average molecular weight is 782 g/mol. The number of hydrogen-bond donors (Lipinski definition) is 6. The summed E-state index contributed by atoms with van der Waals surface area (Å²) in [6, 6.07) is 1.19. The molecule has 0 bridgehead atoms. The van der Waals surface area contributed by atoms with E-state index in [1.807, 2.05) is 6.33 Å². The van der Waals surface area contributed by atoms with Gasteiger partial charge in [0.2, 0.25) is 5.95 Å². The number of anilines is 2. The standard InChI is InChI=1S/C15H19N5O.C10H13N5O4.C8H11N3O3S/c16-15-18-12(6-9-1-2-9)13-14(19-15)20(8-17-13)11-4-3-10(5-11)7-21;1-5-3-15(10(18)12-9(5)17)8-2-6(13-14-11)7(4-16)19-8;9-5-1-2-11(8(13)10-5)6-4-15-7(3-12)14-6/h3-4,8-11,21H,1-2,5-7H2,(H2,16,18,19);3,6-8,16H,2,4H2,1H3,(H,12,17,18);1-2,6-7,12H,3-4H2,(H2,9,10,13)/t10-,11+;6?,7-,8?;6-,7+/m110/s1. The molecule has 4 aliphatic rings. The maximum Gasteiger partial charge on any atom is 0.351 e. The molecule has 3 fully saturated rings. The third-order valence-electron chi connectivity index (χ3n) is 9.52. The third-order valence-corrected chi connectivity index (χ3v) is 10.6. The van der Waals surface area contributed by atoms with Crippen LogP contribution in [0.5, 0.6) is 0 Å². The Labute approximate surface area is 316 Å². The van der Waals surface area contributed by atoms with E-state index < -0.39 is 35.3 Å². The molecule has 22 heteroatoms. The number of aryl methyl sites for hydroxylation is 1. The number of allylic oxidation sites excluding steroid dienone is 1. The highest BCUT2D eigenvalue weighted by atomic mass is 32.2. The van der Waals surface area contributed by atoms with Crippen LogP contribution in [0.2, 0.25) is 0 Å². The van der Waals surface area contributed by atoms with Crippen molar-refractivity contribution in [3.8, 4) is 0 Å². The van der Waals surface area contributed by atoms with Crippen LogP contribution in [0.25, 0.3) is 21.6 Å². The highest BCUT2D eigenvalue weighted by Crippen LogP contribution is 2.35. The number of nitrogens with zero attached hydrogens (tertiary/aromatic N) is 10. The number of hydrogen-bond acceptors (Lipinski definition) is 16. The van der Waals surface area contributed by atoms with Gasteiger partial charge in [-0.25, -0.2) is 19.6 Å². The highest BCUT2D eigenvalue weighted by Gasteiger charge is 2.36. The number of ether oxygens (including phenoxy) is 2. The fraction of sp³-hybridized carbons (Fsp3) is 0.545.